The van der Waals surface area contributed by atoms with Gasteiger partial charge >= 0.3 is 0 Å². The predicted octanol–water partition coefficient (Wildman–Crippen LogP) is 3.90. The van der Waals surface area contributed by atoms with Crippen LogP contribution in [-0.4, -0.2) is 55.5 Å². The Bertz CT molecular complexity index is 1300. The molecule has 1 aliphatic heterocycles. The Hall–Kier alpha value is -2.60. The number of ether oxygens (including phenoxy) is 3. The summed E-state index contributed by atoms with van der Waals surface area (Å²) in [6.45, 7) is 3.54. The first kappa shape index (κ1) is 24.1. The van der Waals surface area contributed by atoms with Crippen LogP contribution in [0.2, 0.25) is 0 Å². The van der Waals surface area contributed by atoms with Crippen LogP contribution < -0.4 is 10.1 Å². The number of aromatic nitrogens is 2. The van der Waals surface area contributed by atoms with Gasteiger partial charge in [-0.25, -0.2) is 18.4 Å². The van der Waals surface area contributed by atoms with E-state index in [1.165, 1.54) is 11.3 Å². The second kappa shape index (κ2) is 10.2. The second-order valence-electron chi connectivity index (χ2n) is 8.56. The number of benzene rings is 1. The summed E-state index contributed by atoms with van der Waals surface area (Å²) in [5.74, 6) is 0.127. The van der Waals surface area contributed by atoms with E-state index in [9.17, 15) is 13.2 Å². The molecule has 2 aliphatic rings. The first-order valence-electron chi connectivity index (χ1n) is 11.7. The number of thiazole rings is 1. The number of carbonyl (C=O) groups excluding carboxylic acids is 1. The minimum Gasteiger partial charge on any atom is -0.478 e. The SMILES string of the molecule is CCOc1ccc2nc(NC(=O)C(OC3CCOCC3)c3ccc(S(=O)(=O)C4CC4)cc3)sc2n1. The van der Waals surface area contributed by atoms with Crippen LogP contribution in [0.5, 0.6) is 5.88 Å². The molecule has 1 saturated heterocycles. The Balaban J connectivity index is 1.38. The van der Waals surface area contributed by atoms with Crippen molar-refractivity contribution in [3.63, 3.8) is 0 Å². The molecule has 3 aromatic rings. The number of sulfone groups is 1. The molecule has 1 saturated carbocycles. The molecular weight excluding hydrogens is 490 g/mol. The van der Waals surface area contributed by atoms with E-state index in [0.29, 0.717) is 72.4 Å². The molecule has 11 heteroatoms. The maximum Gasteiger partial charge on any atom is 0.259 e. The molecule has 2 aromatic heterocycles. The molecule has 1 N–H and O–H groups in total. The summed E-state index contributed by atoms with van der Waals surface area (Å²) in [5.41, 5.74) is 1.24. The summed E-state index contributed by atoms with van der Waals surface area (Å²) in [4.78, 5) is 23.2. The number of anilines is 1. The standard InChI is InChI=1S/C24H27N3O6S2/c1-2-32-20-10-9-19-23(26-20)34-24(25-19)27-22(28)21(33-16-11-13-31-14-12-16)15-3-5-17(6-4-15)35(29,30)18-7-8-18/h3-6,9-10,16,18,21H,2,7-8,11-14H2,1H3,(H,25,27,28). The number of rotatable bonds is 9. The van der Waals surface area contributed by atoms with Crippen LogP contribution in [0.25, 0.3) is 10.3 Å². The van der Waals surface area contributed by atoms with Crippen molar-refractivity contribution in [3.8, 4) is 5.88 Å². The Morgan fingerprint density at radius 1 is 1.11 bits per heavy atom. The van der Waals surface area contributed by atoms with Gasteiger partial charge in [-0.05, 0) is 56.4 Å². The molecule has 0 spiro atoms. The molecule has 0 radical (unpaired) electrons. The molecule has 1 aliphatic carbocycles. The van der Waals surface area contributed by atoms with Crippen LogP contribution in [0.15, 0.2) is 41.3 Å². The molecule has 1 unspecified atom stereocenters. The highest BCUT2D eigenvalue weighted by Crippen LogP contribution is 2.35. The maximum absolute atomic E-state index is 13.4. The van der Waals surface area contributed by atoms with Crippen molar-refractivity contribution >= 4 is 42.6 Å². The lowest BCUT2D eigenvalue weighted by atomic mass is 10.1. The first-order chi connectivity index (χ1) is 16.9. The van der Waals surface area contributed by atoms with Gasteiger partial charge in [0, 0.05) is 19.3 Å². The normalized spacial score (nSPS) is 17.9. The zero-order valence-electron chi connectivity index (χ0n) is 19.3. The number of nitrogens with one attached hydrogen (secondary N) is 1. The van der Waals surface area contributed by atoms with Gasteiger partial charge in [-0.2, -0.15) is 0 Å². The highest BCUT2D eigenvalue weighted by atomic mass is 32.2. The van der Waals surface area contributed by atoms with Gasteiger partial charge in [-0.15, -0.1) is 0 Å². The molecule has 1 atom stereocenters. The van der Waals surface area contributed by atoms with Gasteiger partial charge in [0.05, 0.1) is 22.9 Å². The lowest BCUT2D eigenvalue weighted by Gasteiger charge is -2.27. The number of fused-ring (bicyclic) bond motifs is 1. The van der Waals surface area contributed by atoms with Gasteiger partial charge in [0.25, 0.3) is 5.91 Å². The topological polar surface area (TPSA) is 117 Å². The Morgan fingerprint density at radius 2 is 1.86 bits per heavy atom. The van der Waals surface area contributed by atoms with Crippen LogP contribution in [0, 0.1) is 0 Å². The summed E-state index contributed by atoms with van der Waals surface area (Å²) < 4.78 is 42.2. The Labute approximate surface area is 207 Å². The van der Waals surface area contributed by atoms with E-state index in [1.54, 1.807) is 36.4 Å². The third-order valence-electron chi connectivity index (χ3n) is 5.96. The zero-order chi connectivity index (χ0) is 24.4. The lowest BCUT2D eigenvalue weighted by molar-refractivity contribution is -0.136. The van der Waals surface area contributed by atoms with Gasteiger partial charge in [-0.3, -0.25) is 10.1 Å². The summed E-state index contributed by atoms with van der Waals surface area (Å²) in [7, 11) is -3.31. The molecule has 5 rings (SSSR count). The molecule has 0 bridgehead atoms. The molecule has 35 heavy (non-hydrogen) atoms. The number of nitrogens with zero attached hydrogens (tertiary/aromatic N) is 2. The van der Waals surface area contributed by atoms with Crippen molar-refractivity contribution < 1.29 is 27.4 Å². The second-order valence-corrected chi connectivity index (χ2v) is 11.8. The molecular formula is C24H27N3O6S2. The van der Waals surface area contributed by atoms with Crippen molar-refractivity contribution in [1.82, 2.24) is 9.97 Å². The van der Waals surface area contributed by atoms with E-state index in [0.717, 1.165) is 0 Å². The molecule has 3 heterocycles. The van der Waals surface area contributed by atoms with Gasteiger partial charge in [0.1, 0.15) is 10.3 Å². The molecule has 1 aromatic carbocycles. The summed E-state index contributed by atoms with van der Waals surface area (Å²) >= 11 is 1.25. The predicted molar refractivity (Wildman–Crippen MR) is 132 cm³/mol. The van der Waals surface area contributed by atoms with E-state index in [1.807, 2.05) is 6.92 Å². The number of hydrogen-bond acceptors (Lipinski definition) is 9. The van der Waals surface area contributed by atoms with Crippen molar-refractivity contribution in [2.45, 2.75) is 55.0 Å². The van der Waals surface area contributed by atoms with Gasteiger partial charge in [-0.1, -0.05) is 23.5 Å². The van der Waals surface area contributed by atoms with Crippen molar-refractivity contribution in [3.05, 3.63) is 42.0 Å². The molecule has 9 nitrogen and oxygen atoms in total. The number of amides is 1. The third kappa shape index (κ3) is 5.48. The van der Waals surface area contributed by atoms with Crippen LogP contribution in [0.4, 0.5) is 5.13 Å². The van der Waals surface area contributed by atoms with E-state index in [-0.39, 0.29) is 22.2 Å². The number of pyridine rings is 1. The average molecular weight is 518 g/mol. The fraction of sp³-hybridized carbons (Fsp3) is 0.458. The zero-order valence-corrected chi connectivity index (χ0v) is 20.9. The van der Waals surface area contributed by atoms with E-state index in [2.05, 4.69) is 15.3 Å². The molecule has 186 valence electrons. The summed E-state index contributed by atoms with van der Waals surface area (Å²) in [6.07, 6.45) is 1.71. The van der Waals surface area contributed by atoms with Crippen LogP contribution in [0.1, 0.15) is 44.3 Å². The quantitative estimate of drug-likeness (QED) is 0.454. The van der Waals surface area contributed by atoms with Crippen molar-refractivity contribution in [1.29, 1.82) is 0 Å². The van der Waals surface area contributed by atoms with Gasteiger partial charge < -0.3 is 14.2 Å². The highest BCUT2D eigenvalue weighted by molar-refractivity contribution is 7.92. The molecule has 1 amide bonds. The average Bonchev–Trinajstić information content (AvgIpc) is 3.65. The first-order valence-corrected chi connectivity index (χ1v) is 14.1. The Morgan fingerprint density at radius 3 is 2.54 bits per heavy atom. The van der Waals surface area contributed by atoms with Crippen molar-refractivity contribution in [2.75, 3.05) is 25.1 Å². The summed E-state index contributed by atoms with van der Waals surface area (Å²) in [5, 5.41) is 2.97. The Kier molecular flexibility index (Phi) is 7.01. The number of hydrogen-bond donors (Lipinski definition) is 1. The van der Waals surface area contributed by atoms with Crippen LogP contribution in [-0.2, 0) is 24.1 Å². The fourth-order valence-electron chi connectivity index (χ4n) is 3.95. The third-order valence-corrected chi connectivity index (χ3v) is 9.12. The minimum absolute atomic E-state index is 0.139. The van der Waals surface area contributed by atoms with Gasteiger partial charge in [0.2, 0.25) is 5.88 Å². The monoisotopic (exact) mass is 517 g/mol. The molecule has 2 fully saturated rings. The van der Waals surface area contributed by atoms with E-state index in [4.69, 9.17) is 14.2 Å². The smallest absolute Gasteiger partial charge is 0.259 e. The number of carbonyl (C=O) groups is 1. The van der Waals surface area contributed by atoms with Crippen molar-refractivity contribution in [2.24, 2.45) is 0 Å². The highest BCUT2D eigenvalue weighted by Gasteiger charge is 2.37. The lowest BCUT2D eigenvalue weighted by Crippen LogP contribution is -2.31. The fourth-order valence-corrected chi connectivity index (χ4v) is 6.44. The largest absolute Gasteiger partial charge is 0.478 e. The minimum atomic E-state index is -3.31. The van der Waals surface area contributed by atoms with E-state index >= 15 is 0 Å². The summed E-state index contributed by atoms with van der Waals surface area (Å²) in [6, 6.07) is 9.99. The maximum atomic E-state index is 13.4. The van der Waals surface area contributed by atoms with Crippen LogP contribution in [0.3, 0.4) is 0 Å². The van der Waals surface area contributed by atoms with Gasteiger partial charge in [0.15, 0.2) is 21.1 Å². The van der Waals surface area contributed by atoms with Crippen LogP contribution >= 0.6 is 11.3 Å². The van der Waals surface area contributed by atoms with E-state index < -0.39 is 15.9 Å².